The number of hydrogen-bond donors (Lipinski definition) is 1. The van der Waals surface area contributed by atoms with Crippen molar-refractivity contribution in [3.05, 3.63) is 41.5 Å². The molecule has 28 heavy (non-hydrogen) atoms. The number of aromatic nitrogens is 2. The molecule has 0 spiro atoms. The highest BCUT2D eigenvalue weighted by atomic mass is 16.4. The maximum atomic E-state index is 12.3. The predicted molar refractivity (Wildman–Crippen MR) is 108 cm³/mol. The van der Waals surface area contributed by atoms with Crippen LogP contribution in [0.3, 0.4) is 0 Å². The average Bonchev–Trinajstić information content (AvgIpc) is 2.92. The molecular weight excluding hydrogens is 356 g/mol. The minimum Gasteiger partial charge on any atom is -0.465 e. The first kappa shape index (κ1) is 19.9. The minimum absolute atomic E-state index is 0.0407. The Morgan fingerprint density at radius 2 is 1.96 bits per heavy atom. The van der Waals surface area contributed by atoms with Gasteiger partial charge < -0.3 is 14.6 Å². The number of carbonyl (C=O) groups excluding carboxylic acids is 1. The Labute approximate surface area is 165 Å². The lowest BCUT2D eigenvalue weighted by Gasteiger charge is -2.43. The van der Waals surface area contributed by atoms with Crippen molar-refractivity contribution in [1.82, 2.24) is 14.5 Å². The number of benzene rings is 1. The normalized spacial score (nSPS) is 18.9. The van der Waals surface area contributed by atoms with Gasteiger partial charge >= 0.3 is 6.09 Å². The summed E-state index contributed by atoms with van der Waals surface area (Å²) in [4.78, 5) is 32.0. The minimum atomic E-state index is -0.950. The smallest absolute Gasteiger partial charge is 0.408 e. The summed E-state index contributed by atoms with van der Waals surface area (Å²) in [5.74, 6) is 0.821. The lowest BCUT2D eigenvalue weighted by atomic mass is 9.89. The number of aryl methyl sites for hydroxylation is 2. The second-order valence-corrected chi connectivity index (χ2v) is 7.82. The van der Waals surface area contributed by atoms with Gasteiger partial charge in [0.15, 0.2) is 0 Å². The summed E-state index contributed by atoms with van der Waals surface area (Å²) >= 11 is 0. The molecule has 0 bridgehead atoms. The summed E-state index contributed by atoms with van der Waals surface area (Å²) in [5, 5.41) is 9.85. The monoisotopic (exact) mass is 384 g/mol. The molecule has 0 aliphatic carbocycles. The van der Waals surface area contributed by atoms with E-state index >= 15 is 0 Å². The van der Waals surface area contributed by atoms with Gasteiger partial charge in [-0.25, -0.2) is 9.78 Å². The maximum absolute atomic E-state index is 12.3. The number of nitrogens with zero attached hydrogens (tertiary/aromatic N) is 4. The molecule has 1 N–H and O–H groups in total. The molecule has 1 aromatic carbocycles. The molecule has 150 valence electrons. The lowest BCUT2D eigenvalue weighted by Crippen LogP contribution is -2.48. The third-order valence-corrected chi connectivity index (χ3v) is 5.37. The first-order chi connectivity index (χ1) is 13.1. The van der Waals surface area contributed by atoms with Crippen LogP contribution in [0, 0.1) is 13.8 Å². The molecular formula is C21H28N4O3. The van der Waals surface area contributed by atoms with E-state index in [4.69, 9.17) is 0 Å². The summed E-state index contributed by atoms with van der Waals surface area (Å²) in [6.45, 7) is 11.1. The highest BCUT2D eigenvalue weighted by Crippen LogP contribution is 2.42. The molecule has 2 amide bonds. The van der Waals surface area contributed by atoms with Crippen LogP contribution < -0.4 is 4.90 Å². The van der Waals surface area contributed by atoms with E-state index in [0.717, 1.165) is 28.5 Å². The van der Waals surface area contributed by atoms with Gasteiger partial charge in [0.2, 0.25) is 5.91 Å². The molecule has 2 heterocycles. The SMILES string of the molecule is CC(=O)N1c2ccc(-n3cc(C)nc3C)cc2[C@H](N(C(=O)O)C(C)C)C[C@@H]1C. The quantitative estimate of drug-likeness (QED) is 0.865. The van der Waals surface area contributed by atoms with E-state index in [1.165, 1.54) is 4.90 Å². The van der Waals surface area contributed by atoms with Crippen LogP contribution in [0.2, 0.25) is 0 Å². The highest BCUT2D eigenvalue weighted by Gasteiger charge is 2.38. The number of rotatable bonds is 3. The van der Waals surface area contributed by atoms with Gasteiger partial charge in [-0.1, -0.05) is 0 Å². The molecule has 1 aliphatic heterocycles. The second kappa shape index (κ2) is 7.30. The third-order valence-electron chi connectivity index (χ3n) is 5.37. The topological polar surface area (TPSA) is 78.7 Å². The summed E-state index contributed by atoms with van der Waals surface area (Å²) in [7, 11) is 0. The summed E-state index contributed by atoms with van der Waals surface area (Å²) in [6.07, 6.45) is 1.56. The molecule has 2 atom stereocenters. The number of amides is 2. The summed E-state index contributed by atoms with van der Waals surface area (Å²) in [5.41, 5.74) is 3.46. The van der Waals surface area contributed by atoms with Crippen LogP contribution in [0.4, 0.5) is 10.5 Å². The molecule has 7 heteroatoms. The molecule has 1 aliphatic rings. The van der Waals surface area contributed by atoms with E-state index in [1.807, 2.05) is 63.6 Å². The first-order valence-electron chi connectivity index (χ1n) is 9.59. The predicted octanol–water partition coefficient (Wildman–Crippen LogP) is 4.06. The molecule has 2 aromatic rings. The van der Waals surface area contributed by atoms with Gasteiger partial charge in [0.1, 0.15) is 5.82 Å². The zero-order valence-corrected chi connectivity index (χ0v) is 17.3. The number of carboxylic acid groups (broad SMARTS) is 1. The van der Waals surface area contributed by atoms with Crippen LogP contribution in [0.1, 0.15) is 57.2 Å². The van der Waals surface area contributed by atoms with Gasteiger partial charge in [-0.3, -0.25) is 9.69 Å². The van der Waals surface area contributed by atoms with Crippen molar-refractivity contribution in [3.8, 4) is 5.69 Å². The van der Waals surface area contributed by atoms with Crippen molar-refractivity contribution in [2.45, 2.75) is 66.1 Å². The largest absolute Gasteiger partial charge is 0.465 e. The van der Waals surface area contributed by atoms with E-state index in [0.29, 0.717) is 6.42 Å². The van der Waals surface area contributed by atoms with Crippen molar-refractivity contribution in [1.29, 1.82) is 0 Å². The Morgan fingerprint density at radius 1 is 1.29 bits per heavy atom. The van der Waals surface area contributed by atoms with Crippen molar-refractivity contribution in [2.75, 3.05) is 4.90 Å². The van der Waals surface area contributed by atoms with Gasteiger partial charge in [0.25, 0.3) is 0 Å². The van der Waals surface area contributed by atoms with Gasteiger partial charge in [0, 0.05) is 42.1 Å². The Balaban J connectivity index is 2.20. The molecule has 0 saturated carbocycles. The first-order valence-corrected chi connectivity index (χ1v) is 9.59. The molecule has 0 unspecified atom stereocenters. The average molecular weight is 384 g/mol. The number of hydrogen-bond acceptors (Lipinski definition) is 3. The van der Waals surface area contributed by atoms with E-state index < -0.39 is 6.09 Å². The van der Waals surface area contributed by atoms with E-state index in [-0.39, 0.29) is 24.0 Å². The number of imidazole rings is 1. The van der Waals surface area contributed by atoms with Crippen molar-refractivity contribution >= 4 is 17.7 Å². The zero-order chi connectivity index (χ0) is 20.7. The lowest BCUT2D eigenvalue weighted by molar-refractivity contribution is -0.117. The Kier molecular flexibility index (Phi) is 5.19. The van der Waals surface area contributed by atoms with E-state index in [9.17, 15) is 14.7 Å². The molecule has 1 aromatic heterocycles. The van der Waals surface area contributed by atoms with E-state index in [2.05, 4.69) is 4.98 Å². The van der Waals surface area contributed by atoms with Gasteiger partial charge in [-0.15, -0.1) is 0 Å². The van der Waals surface area contributed by atoms with Crippen LogP contribution in [0.15, 0.2) is 24.4 Å². The summed E-state index contributed by atoms with van der Waals surface area (Å²) in [6, 6.07) is 5.30. The fourth-order valence-electron chi connectivity index (χ4n) is 4.31. The van der Waals surface area contributed by atoms with Crippen LogP contribution in [-0.4, -0.2) is 43.6 Å². The summed E-state index contributed by atoms with van der Waals surface area (Å²) < 4.78 is 1.99. The van der Waals surface area contributed by atoms with Crippen LogP contribution in [0.5, 0.6) is 0 Å². The maximum Gasteiger partial charge on any atom is 0.408 e. The van der Waals surface area contributed by atoms with Crippen molar-refractivity contribution < 1.29 is 14.7 Å². The molecule has 0 radical (unpaired) electrons. The van der Waals surface area contributed by atoms with Gasteiger partial charge in [0.05, 0.1) is 11.7 Å². The Hall–Kier alpha value is -2.83. The van der Waals surface area contributed by atoms with Crippen LogP contribution >= 0.6 is 0 Å². The second-order valence-electron chi connectivity index (χ2n) is 7.82. The third kappa shape index (κ3) is 3.37. The fourth-order valence-corrected chi connectivity index (χ4v) is 4.31. The van der Waals surface area contributed by atoms with Crippen LogP contribution in [-0.2, 0) is 4.79 Å². The van der Waals surface area contributed by atoms with Crippen molar-refractivity contribution in [2.24, 2.45) is 0 Å². The fraction of sp³-hybridized carbons (Fsp3) is 0.476. The highest BCUT2D eigenvalue weighted by molar-refractivity contribution is 5.94. The molecule has 7 nitrogen and oxygen atoms in total. The zero-order valence-electron chi connectivity index (χ0n) is 17.3. The number of anilines is 1. The number of fused-ring (bicyclic) bond motifs is 1. The molecule has 0 fully saturated rings. The van der Waals surface area contributed by atoms with E-state index in [1.54, 1.807) is 11.8 Å². The van der Waals surface area contributed by atoms with Gasteiger partial charge in [-0.05, 0) is 59.2 Å². The standard InChI is InChI=1S/C21H28N4O3/c1-12(2)24(21(27)28)20-9-14(4)25(16(6)26)19-8-7-17(10-18(19)20)23-11-13(3)22-15(23)5/h7-8,10-12,14,20H,9H2,1-6H3,(H,27,28)/t14-,20+/m0/s1. The number of carbonyl (C=O) groups is 2. The molecule has 0 saturated heterocycles. The van der Waals surface area contributed by atoms with Crippen LogP contribution in [0.25, 0.3) is 5.69 Å². The van der Waals surface area contributed by atoms with Crippen molar-refractivity contribution in [3.63, 3.8) is 0 Å². The molecule has 3 rings (SSSR count). The van der Waals surface area contributed by atoms with Gasteiger partial charge in [-0.2, -0.15) is 0 Å². The Bertz CT molecular complexity index is 918. The Morgan fingerprint density at radius 3 is 2.46 bits per heavy atom.